The topological polar surface area (TPSA) is 328 Å². The lowest BCUT2D eigenvalue weighted by Crippen LogP contribution is -2.61. The van der Waals surface area contributed by atoms with Crippen LogP contribution in [-0.4, -0.2) is 159 Å². The fourth-order valence-electron chi connectivity index (χ4n) is 7.38. The van der Waals surface area contributed by atoms with Crippen LogP contribution in [0.4, 0.5) is 0 Å². The fourth-order valence-corrected chi connectivity index (χ4v) is 10.1. The molecule has 2 aliphatic heterocycles. The molecule has 7 amide bonds. The van der Waals surface area contributed by atoms with E-state index in [0.717, 1.165) is 24.2 Å². The lowest BCUT2D eigenvalue weighted by molar-refractivity contribution is -0.140. The Labute approximate surface area is 364 Å². The Hall–Kier alpha value is -3.63. The van der Waals surface area contributed by atoms with Crippen molar-refractivity contribution in [2.75, 3.05) is 44.6 Å². The molecule has 3 aliphatic rings. The quantitative estimate of drug-likeness (QED) is 0.0383. The number of hydrogen-bond acceptors (Lipinski definition) is 12. The summed E-state index contributed by atoms with van der Waals surface area (Å²) in [5.41, 5.74) is 5.38. The summed E-state index contributed by atoms with van der Waals surface area (Å²) in [5.74, 6) is -6.70. The molecule has 346 valence electrons. The third-order valence-corrected chi connectivity index (χ3v) is 13.3. The molecule has 1 unspecified atom stereocenters. The van der Waals surface area contributed by atoms with Gasteiger partial charge in [-0.25, -0.2) is 9.76 Å². The number of nitrogens with zero attached hydrogens (tertiary/aromatic N) is 2. The number of amides is 7. The van der Waals surface area contributed by atoms with Gasteiger partial charge < -0.3 is 57.1 Å². The Kier molecular flexibility index (Phi) is 21.6. The van der Waals surface area contributed by atoms with Crippen molar-refractivity contribution in [3.05, 3.63) is 0 Å². The summed E-state index contributed by atoms with van der Waals surface area (Å²) < 4.78 is 20.7. The van der Waals surface area contributed by atoms with E-state index < -0.39 is 110 Å². The summed E-state index contributed by atoms with van der Waals surface area (Å²) in [5, 5.41) is 44.8. The minimum Gasteiger partial charge on any atom is -0.481 e. The molecule has 3 rings (SSSR count). The normalized spacial score (nSPS) is 23.8. The number of aliphatic hydroxyl groups excluding tert-OH is 2. The number of aliphatic carboxylic acids is 1. The Bertz CT molecular complexity index is 1600. The monoisotopic (exact) mass is 927 g/mol. The lowest BCUT2D eigenvalue weighted by Gasteiger charge is -2.37. The van der Waals surface area contributed by atoms with E-state index in [0.29, 0.717) is 12.8 Å². The molecule has 1 aliphatic carbocycles. The van der Waals surface area contributed by atoms with E-state index in [4.69, 9.17) is 38.6 Å². The van der Waals surface area contributed by atoms with Gasteiger partial charge in [-0.15, -0.1) is 23.2 Å². The van der Waals surface area contributed by atoms with Crippen molar-refractivity contribution >= 4 is 78.2 Å². The van der Waals surface area contributed by atoms with Crippen LogP contribution >= 0.6 is 30.9 Å². The molecular formula is C36H60Cl2N9O13P. The van der Waals surface area contributed by atoms with Gasteiger partial charge in [-0.05, 0) is 38.5 Å². The number of carboxylic acid groups (broad SMARTS) is 1. The SMILES string of the molecule is C[C@H](NC(=O)[C@@H]1C[C@@H](O)CN1C(=O)CCCC(=O)O)C(=O)N[C@@H](CO)C(=O)N[C@H](C(=O)N[C@@H](CCC(N)=O)C(=O)N[C@H]1CCOP(=O)(N(CCCl)CCCl)N1)C1CCCCC1. The molecule has 2 heterocycles. The van der Waals surface area contributed by atoms with E-state index in [9.17, 15) is 53.1 Å². The van der Waals surface area contributed by atoms with Crippen molar-refractivity contribution in [2.45, 2.75) is 126 Å². The summed E-state index contributed by atoms with van der Waals surface area (Å²) in [7, 11) is -3.68. The molecule has 61 heavy (non-hydrogen) atoms. The third kappa shape index (κ3) is 16.2. The van der Waals surface area contributed by atoms with Crippen molar-refractivity contribution in [3.8, 4) is 0 Å². The number of β-amino-alcohol motifs (C(OH)–C–C–N with tert-alkyl or cyclic N) is 1. The van der Waals surface area contributed by atoms with Crippen LogP contribution in [0.2, 0.25) is 0 Å². The maximum Gasteiger partial charge on any atom is 0.345 e. The summed E-state index contributed by atoms with van der Waals surface area (Å²) >= 11 is 11.8. The predicted molar refractivity (Wildman–Crippen MR) is 219 cm³/mol. The third-order valence-electron chi connectivity index (χ3n) is 10.6. The van der Waals surface area contributed by atoms with Gasteiger partial charge in [0.15, 0.2) is 0 Å². The van der Waals surface area contributed by atoms with Gasteiger partial charge in [0, 0.05) is 63.5 Å². The van der Waals surface area contributed by atoms with Gasteiger partial charge in [0.1, 0.15) is 30.2 Å². The number of carbonyl (C=O) groups is 8. The Balaban J connectivity index is 1.70. The van der Waals surface area contributed by atoms with Crippen LogP contribution in [-0.2, 0) is 47.4 Å². The van der Waals surface area contributed by atoms with E-state index >= 15 is 0 Å². The van der Waals surface area contributed by atoms with Crippen LogP contribution in [0.3, 0.4) is 0 Å². The molecule has 0 aromatic heterocycles. The summed E-state index contributed by atoms with van der Waals surface area (Å²) in [6.07, 6.45) is 0.612. The molecule has 3 fully saturated rings. The highest BCUT2D eigenvalue weighted by Gasteiger charge is 2.41. The minimum absolute atomic E-state index is 0.0000506. The number of hydrogen-bond donors (Lipinski definition) is 10. The number of rotatable bonds is 24. The smallest absolute Gasteiger partial charge is 0.345 e. The predicted octanol–water partition coefficient (Wildman–Crippen LogP) is -1.66. The number of nitrogens with one attached hydrogen (secondary N) is 6. The number of nitrogens with two attached hydrogens (primary N) is 1. The number of carbonyl (C=O) groups excluding carboxylic acids is 7. The zero-order valence-electron chi connectivity index (χ0n) is 34.2. The minimum atomic E-state index is -3.68. The van der Waals surface area contributed by atoms with E-state index in [-0.39, 0.29) is 82.9 Å². The average molecular weight is 929 g/mol. The first kappa shape index (κ1) is 51.7. The maximum absolute atomic E-state index is 14.0. The van der Waals surface area contributed by atoms with Crippen molar-refractivity contribution in [1.82, 2.24) is 41.2 Å². The van der Waals surface area contributed by atoms with Gasteiger partial charge in [0.25, 0.3) is 0 Å². The first-order chi connectivity index (χ1) is 28.9. The van der Waals surface area contributed by atoms with Gasteiger partial charge in [-0.3, -0.25) is 42.9 Å². The fraction of sp³-hybridized carbons (Fsp3) is 0.778. The standard InChI is InChI=1S/C36H60Cl2N9O13P/c1-21(40-35(57)26-18-23(49)19-47(26)29(51)8-5-9-30(52)53)32(54)42-25(20-48)34(56)44-31(22-6-3-2-4-7-22)36(58)41-24(10-11-27(39)50)33(55)43-28-12-17-60-61(59,45-28)46(15-13-37)16-14-38/h21-26,28,31,48-49H,2-20H2,1H3,(H2,39,50)(H,40,57)(H,41,58)(H,42,54)(H,43,55)(H,44,56)(H,45,59)(H,52,53)/t21-,23+,24-,25-,26-,28+,31-,61?/m0/s1. The molecule has 11 N–H and O–H groups in total. The van der Waals surface area contributed by atoms with Crippen LogP contribution in [0.5, 0.6) is 0 Å². The van der Waals surface area contributed by atoms with Gasteiger partial charge in [-0.2, -0.15) is 0 Å². The first-order valence-corrected chi connectivity index (χ1v) is 23.1. The second kappa shape index (κ2) is 25.5. The molecule has 2 saturated heterocycles. The number of carboxylic acids is 1. The highest BCUT2D eigenvalue weighted by Crippen LogP contribution is 2.49. The van der Waals surface area contributed by atoms with Crippen molar-refractivity contribution in [3.63, 3.8) is 0 Å². The Morgan fingerprint density at radius 3 is 2.15 bits per heavy atom. The van der Waals surface area contributed by atoms with Crippen molar-refractivity contribution < 1.29 is 62.8 Å². The van der Waals surface area contributed by atoms with Crippen molar-refractivity contribution in [2.24, 2.45) is 11.7 Å². The second-order valence-corrected chi connectivity index (χ2v) is 18.2. The highest BCUT2D eigenvalue weighted by molar-refractivity contribution is 7.54. The largest absolute Gasteiger partial charge is 0.481 e. The maximum atomic E-state index is 14.0. The molecule has 8 atom stereocenters. The van der Waals surface area contributed by atoms with E-state index in [1.54, 1.807) is 0 Å². The molecular weight excluding hydrogens is 868 g/mol. The molecule has 22 nitrogen and oxygen atoms in total. The molecule has 0 radical (unpaired) electrons. The summed E-state index contributed by atoms with van der Waals surface area (Å²) in [6.45, 7) is 0.571. The number of halogens is 2. The Morgan fingerprint density at radius 2 is 1.54 bits per heavy atom. The summed E-state index contributed by atoms with van der Waals surface area (Å²) in [6, 6.07) is -6.66. The Morgan fingerprint density at radius 1 is 0.885 bits per heavy atom. The first-order valence-electron chi connectivity index (χ1n) is 20.4. The molecule has 0 aromatic carbocycles. The number of likely N-dealkylation sites (tertiary alicyclic amines) is 1. The number of alkyl halides is 2. The molecule has 0 aromatic rings. The second-order valence-electron chi connectivity index (χ2n) is 15.3. The van der Waals surface area contributed by atoms with E-state index in [2.05, 4.69) is 31.7 Å². The van der Waals surface area contributed by atoms with E-state index in [1.165, 1.54) is 11.6 Å². The zero-order valence-corrected chi connectivity index (χ0v) is 36.6. The zero-order chi connectivity index (χ0) is 45.3. The highest BCUT2D eigenvalue weighted by atomic mass is 35.5. The molecule has 25 heteroatoms. The molecule has 0 spiro atoms. The van der Waals surface area contributed by atoms with Crippen LogP contribution in [0.25, 0.3) is 0 Å². The molecule has 0 bridgehead atoms. The van der Waals surface area contributed by atoms with Crippen LogP contribution < -0.4 is 37.4 Å². The van der Waals surface area contributed by atoms with Crippen LogP contribution in [0.15, 0.2) is 0 Å². The van der Waals surface area contributed by atoms with Gasteiger partial charge in [0.2, 0.25) is 41.4 Å². The van der Waals surface area contributed by atoms with Crippen LogP contribution in [0, 0.1) is 5.92 Å². The van der Waals surface area contributed by atoms with Crippen molar-refractivity contribution in [1.29, 1.82) is 0 Å². The van der Waals surface area contributed by atoms with Gasteiger partial charge >= 0.3 is 13.6 Å². The van der Waals surface area contributed by atoms with E-state index in [1.807, 2.05) is 0 Å². The lowest BCUT2D eigenvalue weighted by atomic mass is 9.83. The summed E-state index contributed by atoms with van der Waals surface area (Å²) in [4.78, 5) is 104. The number of aliphatic hydroxyl groups is 2. The van der Waals surface area contributed by atoms with Gasteiger partial charge in [-0.1, -0.05) is 19.3 Å². The van der Waals surface area contributed by atoms with Gasteiger partial charge in [0.05, 0.1) is 25.5 Å². The average Bonchev–Trinajstić information content (AvgIpc) is 3.62. The molecule has 1 saturated carbocycles. The number of primary amides is 1. The van der Waals surface area contributed by atoms with Crippen LogP contribution in [0.1, 0.15) is 84.0 Å².